The van der Waals surface area contributed by atoms with E-state index in [-0.39, 0.29) is 5.91 Å². The number of aromatic amines is 1. The van der Waals surface area contributed by atoms with E-state index in [2.05, 4.69) is 14.9 Å². The van der Waals surface area contributed by atoms with Gasteiger partial charge in [0.2, 0.25) is 0 Å². The standard InChI is InChI=1S/C14H16N4O2/c1-17-2-4-18(5-3-17)14(20)10-6-12-11(9-19)8-16-13(12)15-7-10/h6-9H,2-5H2,1H3,(H,15,16). The van der Waals surface area contributed by atoms with Crippen molar-refractivity contribution in [1.82, 2.24) is 19.8 Å². The predicted octanol–water partition coefficient (Wildman–Crippen LogP) is 0.763. The molecule has 1 amide bonds. The van der Waals surface area contributed by atoms with Gasteiger partial charge in [0.25, 0.3) is 5.91 Å². The molecule has 3 rings (SSSR count). The Bertz CT molecular complexity index is 656. The Labute approximate surface area is 116 Å². The lowest BCUT2D eigenvalue weighted by Gasteiger charge is -2.32. The molecule has 1 aliphatic rings. The van der Waals surface area contributed by atoms with Crippen molar-refractivity contribution in [3.63, 3.8) is 0 Å². The number of aromatic nitrogens is 2. The summed E-state index contributed by atoms with van der Waals surface area (Å²) in [6, 6.07) is 1.74. The third-order valence-electron chi connectivity index (χ3n) is 3.73. The lowest BCUT2D eigenvalue weighted by atomic mass is 10.1. The van der Waals surface area contributed by atoms with Gasteiger partial charge >= 0.3 is 0 Å². The van der Waals surface area contributed by atoms with E-state index >= 15 is 0 Å². The number of rotatable bonds is 2. The molecule has 0 aromatic carbocycles. The summed E-state index contributed by atoms with van der Waals surface area (Å²) in [5, 5.41) is 0.694. The molecule has 1 aliphatic heterocycles. The highest BCUT2D eigenvalue weighted by Crippen LogP contribution is 2.17. The molecule has 0 spiro atoms. The van der Waals surface area contributed by atoms with E-state index in [0.717, 1.165) is 32.5 Å². The largest absolute Gasteiger partial charge is 0.345 e. The molecule has 0 radical (unpaired) electrons. The van der Waals surface area contributed by atoms with Gasteiger partial charge in [-0.3, -0.25) is 9.59 Å². The first-order valence-corrected chi connectivity index (χ1v) is 6.59. The van der Waals surface area contributed by atoms with E-state index in [1.165, 1.54) is 0 Å². The minimum Gasteiger partial charge on any atom is -0.345 e. The van der Waals surface area contributed by atoms with Crippen LogP contribution in [0.25, 0.3) is 11.0 Å². The number of amides is 1. The van der Waals surface area contributed by atoms with Crippen molar-refractivity contribution < 1.29 is 9.59 Å². The Balaban J connectivity index is 1.89. The number of pyridine rings is 1. The average Bonchev–Trinajstić information content (AvgIpc) is 2.89. The minimum atomic E-state index is -0.0226. The number of hydrogen-bond acceptors (Lipinski definition) is 4. The Kier molecular flexibility index (Phi) is 3.23. The fraction of sp³-hybridized carbons (Fsp3) is 0.357. The maximum atomic E-state index is 12.4. The fourth-order valence-corrected chi connectivity index (χ4v) is 2.43. The first-order valence-electron chi connectivity index (χ1n) is 6.59. The van der Waals surface area contributed by atoms with Gasteiger partial charge in [-0.1, -0.05) is 0 Å². The van der Waals surface area contributed by atoms with E-state index in [1.54, 1.807) is 18.5 Å². The SMILES string of the molecule is CN1CCN(C(=O)c2cnc3[nH]cc(C=O)c3c2)CC1. The van der Waals surface area contributed by atoms with Crippen molar-refractivity contribution in [1.29, 1.82) is 0 Å². The number of nitrogens with zero attached hydrogens (tertiary/aromatic N) is 3. The molecule has 1 fully saturated rings. The van der Waals surface area contributed by atoms with Crippen molar-refractivity contribution >= 4 is 23.2 Å². The van der Waals surface area contributed by atoms with Crippen LogP contribution in [0.1, 0.15) is 20.7 Å². The molecule has 6 nitrogen and oxygen atoms in total. The summed E-state index contributed by atoms with van der Waals surface area (Å²) < 4.78 is 0. The van der Waals surface area contributed by atoms with Gasteiger partial charge in [0.1, 0.15) is 5.65 Å². The zero-order chi connectivity index (χ0) is 14.1. The zero-order valence-corrected chi connectivity index (χ0v) is 11.3. The van der Waals surface area contributed by atoms with E-state index in [0.29, 0.717) is 22.2 Å². The van der Waals surface area contributed by atoms with E-state index < -0.39 is 0 Å². The summed E-state index contributed by atoms with van der Waals surface area (Å²) in [7, 11) is 2.05. The second kappa shape index (κ2) is 5.05. The van der Waals surface area contributed by atoms with Crippen LogP contribution in [0, 0.1) is 0 Å². The molecule has 0 bridgehead atoms. The smallest absolute Gasteiger partial charge is 0.255 e. The molecule has 6 heteroatoms. The van der Waals surface area contributed by atoms with Crippen LogP contribution in [0.15, 0.2) is 18.5 Å². The average molecular weight is 272 g/mol. The Morgan fingerprint density at radius 3 is 2.80 bits per heavy atom. The number of likely N-dealkylation sites (N-methyl/N-ethyl adjacent to an activating group) is 1. The molecule has 3 heterocycles. The quantitative estimate of drug-likeness (QED) is 0.820. The molecule has 2 aromatic rings. The van der Waals surface area contributed by atoms with Crippen LogP contribution in [-0.2, 0) is 0 Å². The van der Waals surface area contributed by atoms with Gasteiger partial charge in [-0.05, 0) is 13.1 Å². The maximum Gasteiger partial charge on any atom is 0.255 e. The van der Waals surface area contributed by atoms with Crippen molar-refractivity contribution in [2.45, 2.75) is 0 Å². The van der Waals surface area contributed by atoms with E-state index in [1.807, 2.05) is 11.9 Å². The summed E-state index contributed by atoms with van der Waals surface area (Å²) >= 11 is 0. The van der Waals surface area contributed by atoms with Crippen molar-refractivity contribution in [2.75, 3.05) is 33.2 Å². The topological polar surface area (TPSA) is 69.3 Å². The summed E-state index contributed by atoms with van der Waals surface area (Å²) in [5.74, 6) is -0.0226. The normalized spacial score (nSPS) is 16.6. The number of hydrogen-bond donors (Lipinski definition) is 1. The lowest BCUT2D eigenvalue weighted by molar-refractivity contribution is 0.0663. The number of piperazine rings is 1. The zero-order valence-electron chi connectivity index (χ0n) is 11.3. The van der Waals surface area contributed by atoms with Crippen LogP contribution in [-0.4, -0.2) is 65.2 Å². The fourth-order valence-electron chi connectivity index (χ4n) is 2.43. The summed E-state index contributed by atoms with van der Waals surface area (Å²) in [6.07, 6.45) is 3.94. The molecule has 0 atom stereocenters. The third kappa shape index (κ3) is 2.18. The van der Waals surface area contributed by atoms with Crippen molar-refractivity contribution in [2.24, 2.45) is 0 Å². The molecular weight excluding hydrogens is 256 g/mol. The number of H-pyrrole nitrogens is 1. The van der Waals surface area contributed by atoms with E-state index in [4.69, 9.17) is 0 Å². The van der Waals surface area contributed by atoms with Crippen LogP contribution in [0.3, 0.4) is 0 Å². The maximum absolute atomic E-state index is 12.4. The van der Waals surface area contributed by atoms with Gasteiger partial charge in [0, 0.05) is 49.5 Å². The molecule has 0 unspecified atom stereocenters. The second-order valence-corrected chi connectivity index (χ2v) is 5.08. The molecule has 2 aromatic heterocycles. The molecule has 1 saturated heterocycles. The van der Waals surface area contributed by atoms with E-state index in [9.17, 15) is 9.59 Å². The summed E-state index contributed by atoms with van der Waals surface area (Å²) in [6.45, 7) is 3.21. The number of nitrogens with one attached hydrogen (secondary N) is 1. The van der Waals surface area contributed by atoms with Gasteiger partial charge in [-0.25, -0.2) is 4.98 Å². The monoisotopic (exact) mass is 272 g/mol. The Morgan fingerprint density at radius 1 is 1.35 bits per heavy atom. The number of carbonyl (C=O) groups is 2. The van der Waals surface area contributed by atoms with Crippen LogP contribution in [0.2, 0.25) is 0 Å². The Morgan fingerprint density at radius 2 is 2.10 bits per heavy atom. The molecule has 20 heavy (non-hydrogen) atoms. The first-order chi connectivity index (χ1) is 9.69. The molecule has 0 aliphatic carbocycles. The van der Waals surface area contributed by atoms with Gasteiger partial charge in [-0.2, -0.15) is 0 Å². The highest BCUT2D eigenvalue weighted by Gasteiger charge is 2.21. The highest BCUT2D eigenvalue weighted by molar-refractivity contribution is 6.01. The molecule has 0 saturated carbocycles. The van der Waals surface area contributed by atoms with Gasteiger partial charge < -0.3 is 14.8 Å². The highest BCUT2D eigenvalue weighted by atomic mass is 16.2. The summed E-state index contributed by atoms with van der Waals surface area (Å²) in [5.41, 5.74) is 1.69. The van der Waals surface area contributed by atoms with Crippen LogP contribution in [0.4, 0.5) is 0 Å². The number of aldehydes is 1. The van der Waals surface area contributed by atoms with Crippen molar-refractivity contribution in [3.8, 4) is 0 Å². The minimum absolute atomic E-state index is 0.0226. The number of carbonyl (C=O) groups excluding carboxylic acids is 2. The van der Waals surface area contributed by atoms with Gasteiger partial charge in [-0.15, -0.1) is 0 Å². The van der Waals surface area contributed by atoms with Crippen LogP contribution in [0.5, 0.6) is 0 Å². The first kappa shape index (κ1) is 12.8. The Hall–Kier alpha value is -2.21. The van der Waals surface area contributed by atoms with Gasteiger partial charge in [0.15, 0.2) is 6.29 Å². The van der Waals surface area contributed by atoms with Crippen LogP contribution >= 0.6 is 0 Å². The summed E-state index contributed by atoms with van der Waals surface area (Å²) in [4.78, 5) is 34.5. The number of fused-ring (bicyclic) bond motifs is 1. The molecule has 1 N–H and O–H groups in total. The van der Waals surface area contributed by atoms with Gasteiger partial charge in [0.05, 0.1) is 5.56 Å². The predicted molar refractivity (Wildman–Crippen MR) is 74.9 cm³/mol. The van der Waals surface area contributed by atoms with Crippen LogP contribution < -0.4 is 0 Å². The lowest BCUT2D eigenvalue weighted by Crippen LogP contribution is -2.47. The van der Waals surface area contributed by atoms with Crippen molar-refractivity contribution in [3.05, 3.63) is 29.6 Å². The second-order valence-electron chi connectivity index (χ2n) is 5.08. The molecular formula is C14H16N4O2. The molecule has 104 valence electrons. The third-order valence-corrected chi connectivity index (χ3v) is 3.73.